The van der Waals surface area contributed by atoms with Crippen LogP contribution in [-0.4, -0.2) is 37.7 Å². The lowest BCUT2D eigenvalue weighted by molar-refractivity contribution is -0.139. The maximum absolute atomic E-state index is 12.4. The van der Waals surface area contributed by atoms with Crippen LogP contribution in [0.4, 0.5) is 5.69 Å². The zero-order valence-corrected chi connectivity index (χ0v) is 23.1. The fraction of sp³-hybridized carbons (Fsp3) is 0.214. The third kappa shape index (κ3) is 7.91. The van der Waals surface area contributed by atoms with Gasteiger partial charge in [0.25, 0.3) is 5.91 Å². The van der Waals surface area contributed by atoms with E-state index < -0.39 is 11.8 Å². The zero-order chi connectivity index (χ0) is 27.7. The zero-order valence-electron chi connectivity index (χ0n) is 21.6. The molecule has 3 N–H and O–H groups in total. The fourth-order valence-electron chi connectivity index (χ4n) is 3.35. The molecule has 0 heterocycles. The van der Waals surface area contributed by atoms with Crippen LogP contribution in [0.1, 0.15) is 27.8 Å². The lowest BCUT2D eigenvalue weighted by Gasteiger charge is -2.14. The van der Waals surface area contributed by atoms with E-state index in [9.17, 15) is 14.4 Å². The van der Waals surface area contributed by atoms with E-state index >= 15 is 0 Å². The topological polar surface area (TPSA) is 118 Å². The number of nitrogens with one attached hydrogen (secondary N) is 3. The number of carbonyl (C=O) groups excluding carboxylic acids is 3. The first-order valence-corrected chi connectivity index (χ1v) is 12.5. The number of halogens is 1. The van der Waals surface area contributed by atoms with E-state index in [4.69, 9.17) is 9.47 Å². The van der Waals surface area contributed by atoms with Crippen LogP contribution in [0.15, 0.2) is 64.2 Å². The van der Waals surface area contributed by atoms with Gasteiger partial charge in [-0.25, -0.2) is 5.43 Å². The molecule has 9 nitrogen and oxygen atoms in total. The van der Waals surface area contributed by atoms with Crippen molar-refractivity contribution in [3.8, 4) is 11.5 Å². The Morgan fingerprint density at radius 2 is 1.74 bits per heavy atom. The summed E-state index contributed by atoms with van der Waals surface area (Å²) in [6.45, 7) is 5.87. The summed E-state index contributed by atoms with van der Waals surface area (Å²) >= 11 is 3.42. The van der Waals surface area contributed by atoms with E-state index in [0.717, 1.165) is 27.9 Å². The van der Waals surface area contributed by atoms with Gasteiger partial charge in [-0.2, -0.15) is 5.10 Å². The number of ether oxygens (including phenoxy) is 2. The summed E-state index contributed by atoms with van der Waals surface area (Å²) in [5.74, 6) is -1.33. The number of methoxy groups -OCH3 is 1. The van der Waals surface area contributed by atoms with Crippen molar-refractivity contribution in [3.05, 3.63) is 86.9 Å². The molecule has 0 saturated heterocycles. The van der Waals surface area contributed by atoms with Crippen molar-refractivity contribution >= 4 is 45.6 Å². The molecule has 0 unspecified atom stereocenters. The van der Waals surface area contributed by atoms with Crippen molar-refractivity contribution in [2.75, 3.05) is 19.0 Å². The highest BCUT2D eigenvalue weighted by Gasteiger charge is 2.15. The van der Waals surface area contributed by atoms with E-state index in [1.54, 1.807) is 12.1 Å². The Morgan fingerprint density at radius 1 is 1.00 bits per heavy atom. The number of hydrazone groups is 1. The molecule has 0 aliphatic rings. The monoisotopic (exact) mass is 580 g/mol. The largest absolute Gasteiger partial charge is 0.493 e. The van der Waals surface area contributed by atoms with Gasteiger partial charge in [-0.15, -0.1) is 0 Å². The minimum Gasteiger partial charge on any atom is -0.493 e. The molecule has 0 aliphatic carbocycles. The van der Waals surface area contributed by atoms with Crippen LogP contribution in [0.2, 0.25) is 0 Å². The molecule has 0 aromatic heterocycles. The van der Waals surface area contributed by atoms with Gasteiger partial charge in [-0.3, -0.25) is 14.4 Å². The molecular formula is C28H29BrN4O5. The first kappa shape index (κ1) is 28.4. The highest BCUT2D eigenvalue weighted by molar-refractivity contribution is 9.10. The van der Waals surface area contributed by atoms with Gasteiger partial charge in [-0.05, 0) is 77.2 Å². The van der Waals surface area contributed by atoms with Gasteiger partial charge in [0.15, 0.2) is 18.1 Å². The van der Waals surface area contributed by atoms with Gasteiger partial charge in [0.05, 0.1) is 17.8 Å². The smallest absolute Gasteiger partial charge is 0.329 e. The number of aryl methyl sites for hydroxylation is 2. The first-order chi connectivity index (χ1) is 18.2. The summed E-state index contributed by atoms with van der Waals surface area (Å²) in [6, 6.07) is 16.6. The van der Waals surface area contributed by atoms with Gasteiger partial charge in [0.2, 0.25) is 0 Å². The van der Waals surface area contributed by atoms with E-state index in [-0.39, 0.29) is 19.1 Å². The molecule has 3 aromatic carbocycles. The number of hydrogen-bond donors (Lipinski definition) is 3. The van der Waals surface area contributed by atoms with Crippen molar-refractivity contribution in [3.63, 3.8) is 0 Å². The van der Waals surface area contributed by atoms with E-state index in [1.165, 1.54) is 13.3 Å². The molecule has 0 bridgehead atoms. The molecular weight excluding hydrogens is 552 g/mol. The molecule has 3 aromatic rings. The maximum atomic E-state index is 12.4. The molecule has 0 fully saturated rings. The Hall–Kier alpha value is -4.18. The Bertz CT molecular complexity index is 1360. The average molecular weight is 581 g/mol. The van der Waals surface area contributed by atoms with Crippen molar-refractivity contribution in [1.82, 2.24) is 10.7 Å². The summed E-state index contributed by atoms with van der Waals surface area (Å²) in [7, 11) is 1.46. The lowest BCUT2D eigenvalue weighted by Crippen LogP contribution is -2.37. The van der Waals surface area contributed by atoms with Gasteiger partial charge in [0.1, 0.15) is 0 Å². The molecule has 38 heavy (non-hydrogen) atoms. The lowest BCUT2D eigenvalue weighted by atomic mass is 10.1. The molecule has 0 atom stereocenters. The Morgan fingerprint density at radius 3 is 2.45 bits per heavy atom. The second-order valence-corrected chi connectivity index (χ2v) is 9.34. The van der Waals surface area contributed by atoms with Crippen LogP contribution in [0.5, 0.6) is 11.5 Å². The standard InChI is InChI=1S/C28H29BrN4O5/c1-17-8-10-20(11-9-17)14-30-27(35)28(36)33-31-15-21-12-22(29)26(24(13-21)37-4)38-16-25(34)32-23-7-5-6-18(2)19(23)3/h5-13,15H,14,16H2,1-4H3,(H,30,35)(H,32,34)(H,33,36)/b31-15-. The minimum atomic E-state index is -0.894. The van der Waals surface area contributed by atoms with E-state index in [2.05, 4.69) is 37.1 Å². The molecule has 10 heteroatoms. The van der Waals surface area contributed by atoms with Crippen LogP contribution < -0.4 is 25.5 Å². The van der Waals surface area contributed by atoms with Gasteiger partial charge >= 0.3 is 11.8 Å². The van der Waals surface area contributed by atoms with Crippen LogP contribution in [0.3, 0.4) is 0 Å². The third-order valence-electron chi connectivity index (χ3n) is 5.64. The third-order valence-corrected chi connectivity index (χ3v) is 6.23. The summed E-state index contributed by atoms with van der Waals surface area (Å²) in [6.07, 6.45) is 1.36. The Balaban J connectivity index is 1.55. The minimum absolute atomic E-state index is 0.227. The normalized spacial score (nSPS) is 10.7. The molecule has 198 valence electrons. The van der Waals surface area contributed by atoms with Crippen molar-refractivity contribution in [2.24, 2.45) is 5.10 Å². The summed E-state index contributed by atoms with van der Waals surface area (Å²) < 4.78 is 11.6. The molecule has 3 amide bonds. The summed E-state index contributed by atoms with van der Waals surface area (Å²) in [5, 5.41) is 9.23. The quantitative estimate of drug-likeness (QED) is 0.199. The molecule has 0 saturated carbocycles. The highest BCUT2D eigenvalue weighted by Crippen LogP contribution is 2.36. The maximum Gasteiger partial charge on any atom is 0.329 e. The van der Waals surface area contributed by atoms with Crippen molar-refractivity contribution in [1.29, 1.82) is 0 Å². The summed E-state index contributed by atoms with van der Waals surface area (Å²) in [5.41, 5.74) is 7.52. The number of carbonyl (C=O) groups is 3. The molecule has 3 rings (SSSR count). The summed E-state index contributed by atoms with van der Waals surface area (Å²) in [4.78, 5) is 36.5. The SMILES string of the molecule is COc1cc(/C=N\NC(=O)C(=O)NCc2ccc(C)cc2)cc(Br)c1OCC(=O)Nc1cccc(C)c1C. The van der Waals surface area contributed by atoms with E-state index in [0.29, 0.717) is 21.5 Å². The number of nitrogens with zero attached hydrogens (tertiary/aromatic N) is 1. The number of anilines is 1. The Kier molecular flexibility index (Phi) is 10.0. The van der Waals surface area contributed by atoms with Crippen LogP contribution in [0.25, 0.3) is 0 Å². The average Bonchev–Trinajstić information content (AvgIpc) is 2.89. The molecule has 0 spiro atoms. The van der Waals surface area contributed by atoms with Crippen molar-refractivity contribution in [2.45, 2.75) is 27.3 Å². The predicted octanol–water partition coefficient (Wildman–Crippen LogP) is 4.17. The van der Waals surface area contributed by atoms with Gasteiger partial charge in [0, 0.05) is 12.2 Å². The van der Waals surface area contributed by atoms with Crippen LogP contribution in [0, 0.1) is 20.8 Å². The van der Waals surface area contributed by atoms with Crippen LogP contribution in [-0.2, 0) is 20.9 Å². The highest BCUT2D eigenvalue weighted by atomic mass is 79.9. The molecule has 0 aliphatic heterocycles. The number of amides is 3. The molecule has 0 radical (unpaired) electrons. The van der Waals surface area contributed by atoms with E-state index in [1.807, 2.05) is 63.2 Å². The predicted molar refractivity (Wildman–Crippen MR) is 149 cm³/mol. The number of benzene rings is 3. The Labute approximate surface area is 229 Å². The van der Waals surface area contributed by atoms with Gasteiger partial charge in [-0.1, -0.05) is 42.0 Å². The first-order valence-electron chi connectivity index (χ1n) is 11.7. The van der Waals surface area contributed by atoms with Gasteiger partial charge < -0.3 is 20.1 Å². The number of hydrogen-bond acceptors (Lipinski definition) is 6. The van der Waals surface area contributed by atoms with Crippen molar-refractivity contribution < 1.29 is 23.9 Å². The van der Waals surface area contributed by atoms with Crippen LogP contribution >= 0.6 is 15.9 Å². The fourth-order valence-corrected chi connectivity index (χ4v) is 3.92. The number of rotatable bonds is 9. The second-order valence-electron chi connectivity index (χ2n) is 8.49. The second kappa shape index (κ2) is 13.4.